The van der Waals surface area contributed by atoms with Gasteiger partial charge in [-0.15, -0.1) is 0 Å². The quantitative estimate of drug-likeness (QED) is 0.210. The van der Waals surface area contributed by atoms with Crippen LogP contribution in [0.1, 0.15) is 12.6 Å². The van der Waals surface area contributed by atoms with E-state index in [9.17, 15) is 43.2 Å². The Morgan fingerprint density at radius 2 is 1.74 bits per heavy atom. The Balaban J connectivity index is 0. The second-order valence-electron chi connectivity index (χ2n) is 6.01. The first-order valence-corrected chi connectivity index (χ1v) is 12.3. The van der Waals surface area contributed by atoms with Gasteiger partial charge < -0.3 is 44.2 Å². The van der Waals surface area contributed by atoms with Gasteiger partial charge >= 0.3 is 75.4 Å². The second kappa shape index (κ2) is 14.3. The molecule has 35 heavy (non-hydrogen) atoms. The van der Waals surface area contributed by atoms with Crippen LogP contribution in [0.25, 0.3) is 11.2 Å². The Labute approximate surface area is 244 Å². The van der Waals surface area contributed by atoms with Crippen molar-refractivity contribution in [1.29, 1.82) is 0 Å². The number of rotatable bonds is 8. The van der Waals surface area contributed by atoms with Crippen LogP contribution in [0, 0.1) is 0 Å². The first-order chi connectivity index (χ1) is 14.2. The van der Waals surface area contributed by atoms with Crippen LogP contribution >= 0.6 is 23.5 Å². The normalized spacial score (nSPS) is 23.1. The summed E-state index contributed by atoms with van der Waals surface area (Å²) in [7, 11) is -18.0. The largest absolute Gasteiger partial charge is 1.00 e. The van der Waals surface area contributed by atoms with Gasteiger partial charge in [0.15, 0.2) is 11.2 Å². The topological polar surface area (TPSA) is 290 Å². The summed E-state index contributed by atoms with van der Waals surface area (Å²) in [4.78, 5) is 65.1. The molecule has 0 amide bonds. The summed E-state index contributed by atoms with van der Waals surface area (Å²) in [6, 6.07) is 0. The number of aromatic amines is 1. The standard InChI is InChI=1S/C10H16N5O13P3.4Li/c11-10-13-8-7(9(17)14-10)12-3-15(8)6-1-4(16)5(26-6)2-25-30(21,22)28-31(23,24)27-29(18,19)20;;;;/h3-6,16H,1-2H2,(H,21,22)(H,23,24)(H2,18,19,20)(H3,11,13,14,17);;;;/q;4*+1/p-4/t4-,5+,6+;;;;/m0..../s1. The summed E-state index contributed by atoms with van der Waals surface area (Å²) < 4.78 is 50.4. The summed E-state index contributed by atoms with van der Waals surface area (Å²) >= 11 is 0. The van der Waals surface area contributed by atoms with E-state index >= 15 is 0 Å². The van der Waals surface area contributed by atoms with E-state index in [2.05, 4.69) is 28.1 Å². The fourth-order valence-corrected chi connectivity index (χ4v) is 5.50. The number of anilines is 1. The molecule has 1 aliphatic rings. The molecule has 2 aromatic heterocycles. The smallest absolute Gasteiger partial charge is 0.790 e. The molecule has 0 spiro atoms. The Kier molecular flexibility index (Phi) is 15.5. The van der Waals surface area contributed by atoms with Crippen LogP contribution in [0.15, 0.2) is 11.1 Å². The number of ether oxygens (including phenoxy) is 1. The molecule has 3 heterocycles. The SMILES string of the molecule is Nc1nc2c(ncn2[C@H]2C[C@H](O)[C@@H](COP(=O)([O-])OP(=O)([O-])OP(=O)([O-])[O-])O2)c(=O)[nH]1.[Li+].[Li+].[Li+].[Li+]. The molecule has 18 nitrogen and oxygen atoms in total. The van der Waals surface area contributed by atoms with Crippen LogP contribution in [-0.4, -0.2) is 43.4 Å². The van der Waals surface area contributed by atoms with E-state index in [-0.39, 0.29) is 99.0 Å². The molecule has 4 N–H and O–H groups in total. The molecule has 2 aromatic rings. The third-order valence-electron chi connectivity index (χ3n) is 3.76. The van der Waals surface area contributed by atoms with Crippen molar-refractivity contribution >= 4 is 40.6 Å². The number of nitrogen functional groups attached to an aromatic ring is 1. The van der Waals surface area contributed by atoms with Crippen molar-refractivity contribution in [2.45, 2.75) is 24.9 Å². The molecule has 1 saturated heterocycles. The van der Waals surface area contributed by atoms with E-state index < -0.39 is 54.1 Å². The molecule has 0 aromatic carbocycles. The minimum atomic E-state index is -6.12. The van der Waals surface area contributed by atoms with Gasteiger partial charge in [0.2, 0.25) is 5.95 Å². The Morgan fingerprint density at radius 3 is 2.31 bits per heavy atom. The average molecular weight is 531 g/mol. The van der Waals surface area contributed by atoms with Gasteiger partial charge in [0.05, 0.1) is 26.9 Å². The van der Waals surface area contributed by atoms with Gasteiger partial charge in [-0.05, 0) is 0 Å². The number of H-pyrrole nitrogens is 1. The molecular formula is C10H12Li4N5O13P3. The molecule has 5 atom stereocenters. The van der Waals surface area contributed by atoms with Crippen LogP contribution in [0.4, 0.5) is 5.95 Å². The van der Waals surface area contributed by atoms with Crippen LogP contribution < -0.4 is 106 Å². The summed E-state index contributed by atoms with van der Waals surface area (Å²) in [6.07, 6.45) is -2.64. The summed E-state index contributed by atoms with van der Waals surface area (Å²) in [6.45, 7) is -0.965. The van der Waals surface area contributed by atoms with E-state index in [1.54, 1.807) is 0 Å². The maximum absolute atomic E-state index is 11.8. The second-order valence-corrected chi connectivity index (χ2v) is 10.3. The number of aliphatic hydroxyl groups excluding tert-OH is 1. The molecule has 0 radical (unpaired) electrons. The zero-order chi connectivity index (χ0) is 23.2. The van der Waals surface area contributed by atoms with Gasteiger partial charge in [0.25, 0.3) is 21.2 Å². The molecule has 2 unspecified atom stereocenters. The number of imidazole rings is 1. The van der Waals surface area contributed by atoms with E-state index in [1.165, 1.54) is 10.9 Å². The number of nitrogens with zero attached hydrogens (tertiary/aromatic N) is 3. The van der Waals surface area contributed by atoms with Gasteiger partial charge in [-0.25, -0.2) is 9.29 Å². The summed E-state index contributed by atoms with van der Waals surface area (Å²) in [5, 5.41) is 10.1. The number of nitrogens with one attached hydrogen (secondary N) is 1. The van der Waals surface area contributed by atoms with Gasteiger partial charge in [-0.1, -0.05) is 0 Å². The molecule has 174 valence electrons. The number of phosphoric acid groups is 3. The zero-order valence-electron chi connectivity index (χ0n) is 18.8. The Morgan fingerprint density at radius 1 is 1.14 bits per heavy atom. The van der Waals surface area contributed by atoms with Gasteiger partial charge in [-0.2, -0.15) is 4.98 Å². The number of fused-ring (bicyclic) bond motifs is 1. The summed E-state index contributed by atoms with van der Waals surface area (Å²) in [5.41, 5.74) is 4.78. The molecule has 1 aliphatic heterocycles. The third-order valence-corrected chi connectivity index (χ3v) is 7.43. The van der Waals surface area contributed by atoms with Crippen molar-refractivity contribution in [2.24, 2.45) is 0 Å². The molecule has 3 rings (SSSR count). The average Bonchev–Trinajstić information content (AvgIpc) is 3.13. The summed E-state index contributed by atoms with van der Waals surface area (Å²) in [5.74, 6) is -0.216. The van der Waals surface area contributed by atoms with Crippen molar-refractivity contribution in [1.82, 2.24) is 19.5 Å². The van der Waals surface area contributed by atoms with Crippen molar-refractivity contribution < 1.29 is 132 Å². The molecule has 1 fully saturated rings. The maximum atomic E-state index is 11.8. The Bertz CT molecular complexity index is 1190. The zero-order valence-corrected chi connectivity index (χ0v) is 21.5. The molecule has 0 bridgehead atoms. The molecule has 0 aliphatic carbocycles. The van der Waals surface area contributed by atoms with Crippen LogP contribution in [-0.2, 0) is 31.6 Å². The van der Waals surface area contributed by atoms with Crippen molar-refractivity contribution in [2.75, 3.05) is 12.3 Å². The first-order valence-electron chi connectivity index (χ1n) is 7.93. The van der Waals surface area contributed by atoms with Crippen molar-refractivity contribution in [3.63, 3.8) is 0 Å². The van der Waals surface area contributed by atoms with Gasteiger partial charge in [0, 0.05) is 6.42 Å². The van der Waals surface area contributed by atoms with Crippen LogP contribution in [0.3, 0.4) is 0 Å². The van der Waals surface area contributed by atoms with Crippen molar-refractivity contribution in [3.05, 3.63) is 16.7 Å². The predicted octanol–water partition coefficient (Wildman–Crippen LogP) is -15.8. The fraction of sp³-hybridized carbons (Fsp3) is 0.500. The van der Waals surface area contributed by atoms with Gasteiger partial charge in [0.1, 0.15) is 12.3 Å². The number of nitrogens with two attached hydrogens (primary N) is 1. The Hall–Kier alpha value is 0.870. The van der Waals surface area contributed by atoms with E-state index in [4.69, 9.17) is 10.5 Å². The third kappa shape index (κ3) is 10.5. The number of aromatic nitrogens is 4. The number of hydrogen-bond donors (Lipinski definition) is 3. The van der Waals surface area contributed by atoms with Crippen LogP contribution in [0.5, 0.6) is 0 Å². The number of hydrogen-bond acceptors (Lipinski definition) is 16. The van der Waals surface area contributed by atoms with Crippen LogP contribution in [0.2, 0.25) is 0 Å². The van der Waals surface area contributed by atoms with E-state index in [0.717, 1.165) is 0 Å². The fourth-order valence-electron chi connectivity index (χ4n) is 2.64. The van der Waals surface area contributed by atoms with E-state index in [0.29, 0.717) is 0 Å². The van der Waals surface area contributed by atoms with Gasteiger partial charge in [-0.3, -0.25) is 27.8 Å². The minimum Gasteiger partial charge on any atom is -0.790 e. The predicted molar refractivity (Wildman–Crippen MR) is 88.0 cm³/mol. The molecular weight excluding hydrogens is 519 g/mol. The van der Waals surface area contributed by atoms with E-state index in [1.807, 2.05) is 0 Å². The number of aliphatic hydroxyl groups is 1. The number of phosphoric ester groups is 1. The first kappa shape index (κ1) is 38.0. The maximum Gasteiger partial charge on any atom is 1.00 e. The monoisotopic (exact) mass is 531 g/mol. The minimum absolute atomic E-state index is 0. The molecule has 0 saturated carbocycles. The van der Waals surface area contributed by atoms with Crippen molar-refractivity contribution in [3.8, 4) is 0 Å². The molecule has 25 heteroatoms.